The van der Waals surface area contributed by atoms with Crippen molar-refractivity contribution in [3.05, 3.63) is 0 Å². The van der Waals surface area contributed by atoms with Crippen molar-refractivity contribution in [1.82, 2.24) is 5.32 Å². The zero-order chi connectivity index (χ0) is 10.8. The second-order valence-electron chi connectivity index (χ2n) is 6.26. The minimum absolute atomic E-state index is 0.0889. The molecule has 15 heavy (non-hydrogen) atoms. The fourth-order valence-electron chi connectivity index (χ4n) is 4.63. The largest absolute Gasteiger partial charge is 0.369 e. The van der Waals surface area contributed by atoms with E-state index in [1.54, 1.807) is 0 Å². The Morgan fingerprint density at radius 3 is 2.73 bits per heavy atom. The molecule has 3 rings (SSSR count). The summed E-state index contributed by atoms with van der Waals surface area (Å²) in [6.45, 7) is 2.07. The number of hydrogen-bond acceptors (Lipinski definition) is 2. The molecule has 1 amide bonds. The van der Waals surface area contributed by atoms with E-state index < -0.39 is 0 Å². The highest BCUT2D eigenvalue weighted by Gasteiger charge is 2.69. The smallest absolute Gasteiger partial charge is 0.223 e. The summed E-state index contributed by atoms with van der Waals surface area (Å²) in [6.07, 6.45) is 4.67. The van der Waals surface area contributed by atoms with Gasteiger partial charge in [0.25, 0.3) is 0 Å². The summed E-state index contributed by atoms with van der Waals surface area (Å²) in [4.78, 5) is 11.6. The topological polar surface area (TPSA) is 55.1 Å². The van der Waals surface area contributed by atoms with E-state index >= 15 is 0 Å². The number of fused-ring (bicyclic) bond motifs is 1. The molecule has 3 fully saturated rings. The molecule has 0 aromatic carbocycles. The van der Waals surface area contributed by atoms with Crippen LogP contribution in [0.2, 0.25) is 0 Å². The maximum atomic E-state index is 11.6. The molecular weight excluding hydrogens is 188 g/mol. The lowest BCUT2D eigenvalue weighted by molar-refractivity contribution is -0.130. The lowest BCUT2D eigenvalue weighted by atomic mass is 9.66. The van der Waals surface area contributed by atoms with E-state index in [1.165, 1.54) is 12.8 Å². The van der Waals surface area contributed by atoms with Gasteiger partial charge in [0.15, 0.2) is 0 Å². The van der Waals surface area contributed by atoms with E-state index in [1.807, 2.05) is 0 Å². The molecule has 5 unspecified atom stereocenters. The first kappa shape index (κ1) is 9.64. The van der Waals surface area contributed by atoms with Gasteiger partial charge in [-0.15, -0.1) is 0 Å². The van der Waals surface area contributed by atoms with Crippen LogP contribution in [0.3, 0.4) is 0 Å². The summed E-state index contributed by atoms with van der Waals surface area (Å²) in [5.41, 5.74) is 5.81. The van der Waals surface area contributed by atoms with Crippen molar-refractivity contribution in [2.45, 2.75) is 38.6 Å². The molecule has 3 nitrogen and oxygen atoms in total. The van der Waals surface area contributed by atoms with Crippen LogP contribution < -0.4 is 11.1 Å². The maximum absolute atomic E-state index is 11.6. The molecule has 1 spiro atoms. The second-order valence-corrected chi connectivity index (χ2v) is 6.26. The van der Waals surface area contributed by atoms with Gasteiger partial charge in [-0.05, 0) is 50.0 Å². The number of primary amides is 1. The molecule has 2 bridgehead atoms. The quantitative estimate of drug-likeness (QED) is 0.708. The van der Waals surface area contributed by atoms with Crippen LogP contribution >= 0.6 is 0 Å². The third-order valence-electron chi connectivity index (χ3n) is 5.25. The number of rotatable bonds is 2. The van der Waals surface area contributed by atoms with E-state index in [0.29, 0.717) is 17.4 Å². The monoisotopic (exact) mass is 208 g/mol. The Morgan fingerprint density at radius 1 is 1.40 bits per heavy atom. The van der Waals surface area contributed by atoms with Crippen molar-refractivity contribution in [3.8, 4) is 0 Å². The van der Waals surface area contributed by atoms with Crippen molar-refractivity contribution < 1.29 is 4.79 Å². The van der Waals surface area contributed by atoms with Crippen LogP contribution in [0.4, 0.5) is 0 Å². The minimum atomic E-state index is -0.233. The van der Waals surface area contributed by atoms with Crippen molar-refractivity contribution in [2.75, 3.05) is 7.05 Å². The third-order valence-corrected chi connectivity index (χ3v) is 5.25. The van der Waals surface area contributed by atoms with E-state index in [2.05, 4.69) is 19.3 Å². The standard InChI is InChI=1S/C12H20N2O/c1-11(10(13)15)3-7-4-12(6-11)5-8(12)9(7)14-2/h7-9,14H,3-6H2,1-2H3,(H2,13,15). The summed E-state index contributed by atoms with van der Waals surface area (Å²) >= 11 is 0. The summed E-state index contributed by atoms with van der Waals surface area (Å²) in [5.74, 6) is 1.42. The Bertz CT molecular complexity index is 330. The summed E-state index contributed by atoms with van der Waals surface area (Å²) in [7, 11) is 2.05. The molecule has 0 aliphatic heterocycles. The average Bonchev–Trinajstić information content (AvgIpc) is 2.72. The lowest BCUT2D eigenvalue weighted by Crippen LogP contribution is -2.43. The van der Waals surface area contributed by atoms with Gasteiger partial charge in [-0.2, -0.15) is 0 Å². The van der Waals surface area contributed by atoms with Gasteiger partial charge >= 0.3 is 0 Å². The van der Waals surface area contributed by atoms with Crippen molar-refractivity contribution >= 4 is 5.91 Å². The first-order chi connectivity index (χ1) is 7.01. The van der Waals surface area contributed by atoms with Crippen LogP contribution in [0, 0.1) is 22.7 Å². The molecular formula is C12H20N2O. The molecule has 3 saturated carbocycles. The van der Waals surface area contributed by atoms with Crippen LogP contribution in [-0.2, 0) is 4.79 Å². The normalized spacial score (nSPS) is 56.3. The van der Waals surface area contributed by atoms with Gasteiger partial charge in [-0.1, -0.05) is 6.92 Å². The van der Waals surface area contributed by atoms with Gasteiger partial charge in [-0.3, -0.25) is 4.79 Å². The number of hydrogen-bond donors (Lipinski definition) is 2. The second kappa shape index (κ2) is 2.57. The molecule has 3 aliphatic carbocycles. The Hall–Kier alpha value is -0.570. The van der Waals surface area contributed by atoms with Gasteiger partial charge < -0.3 is 11.1 Å². The molecule has 3 heteroatoms. The van der Waals surface area contributed by atoms with E-state index in [9.17, 15) is 4.79 Å². The highest BCUT2D eigenvalue weighted by Crippen LogP contribution is 2.73. The molecule has 0 heterocycles. The predicted molar refractivity (Wildman–Crippen MR) is 58.0 cm³/mol. The molecule has 84 valence electrons. The molecule has 0 saturated heterocycles. The minimum Gasteiger partial charge on any atom is -0.369 e. The molecule has 5 atom stereocenters. The number of nitrogens with one attached hydrogen (secondary N) is 1. The summed E-state index contributed by atoms with van der Waals surface area (Å²) in [5, 5.41) is 3.45. The van der Waals surface area contributed by atoms with Crippen LogP contribution in [0.25, 0.3) is 0 Å². The number of carbonyl (C=O) groups is 1. The number of amides is 1. The average molecular weight is 208 g/mol. The lowest BCUT2D eigenvalue weighted by Gasteiger charge is -2.38. The van der Waals surface area contributed by atoms with E-state index in [0.717, 1.165) is 18.8 Å². The van der Waals surface area contributed by atoms with Gasteiger partial charge in [0.1, 0.15) is 0 Å². The van der Waals surface area contributed by atoms with Gasteiger partial charge in [0, 0.05) is 11.5 Å². The Kier molecular flexibility index (Phi) is 1.65. The zero-order valence-electron chi connectivity index (χ0n) is 9.55. The van der Waals surface area contributed by atoms with E-state index in [4.69, 9.17) is 5.73 Å². The summed E-state index contributed by atoms with van der Waals surface area (Å²) in [6, 6.07) is 0.645. The Balaban J connectivity index is 1.91. The van der Waals surface area contributed by atoms with Crippen LogP contribution in [0.5, 0.6) is 0 Å². The number of carbonyl (C=O) groups excluding carboxylic acids is 1. The van der Waals surface area contributed by atoms with Crippen molar-refractivity contribution in [1.29, 1.82) is 0 Å². The Morgan fingerprint density at radius 2 is 2.13 bits per heavy atom. The SMILES string of the molecule is CNC1C2CC(C)(C(N)=O)CC3(C2)CC13. The predicted octanol–water partition coefficient (Wildman–Crippen LogP) is 0.886. The van der Waals surface area contributed by atoms with Gasteiger partial charge in [0.05, 0.1) is 0 Å². The molecule has 0 radical (unpaired) electrons. The third kappa shape index (κ3) is 1.07. The van der Waals surface area contributed by atoms with Gasteiger partial charge in [-0.25, -0.2) is 0 Å². The first-order valence-corrected chi connectivity index (χ1v) is 5.98. The number of nitrogens with two attached hydrogens (primary N) is 1. The highest BCUT2D eigenvalue weighted by molar-refractivity contribution is 5.80. The molecule has 3 N–H and O–H groups in total. The first-order valence-electron chi connectivity index (χ1n) is 5.98. The zero-order valence-corrected chi connectivity index (χ0v) is 9.55. The fourth-order valence-corrected chi connectivity index (χ4v) is 4.63. The summed E-state index contributed by atoms with van der Waals surface area (Å²) < 4.78 is 0. The van der Waals surface area contributed by atoms with Gasteiger partial charge in [0.2, 0.25) is 5.91 Å². The molecule has 0 aromatic rings. The van der Waals surface area contributed by atoms with E-state index in [-0.39, 0.29) is 11.3 Å². The highest BCUT2D eigenvalue weighted by atomic mass is 16.1. The van der Waals surface area contributed by atoms with Crippen molar-refractivity contribution in [2.24, 2.45) is 28.4 Å². The molecule has 0 aromatic heterocycles. The molecule has 3 aliphatic rings. The van der Waals surface area contributed by atoms with Crippen molar-refractivity contribution in [3.63, 3.8) is 0 Å². The maximum Gasteiger partial charge on any atom is 0.223 e. The van der Waals surface area contributed by atoms with Crippen LogP contribution in [0.1, 0.15) is 32.6 Å². The van der Waals surface area contributed by atoms with Crippen LogP contribution in [-0.4, -0.2) is 19.0 Å². The Labute approximate surface area is 90.8 Å². The van der Waals surface area contributed by atoms with Crippen LogP contribution in [0.15, 0.2) is 0 Å². The fraction of sp³-hybridized carbons (Fsp3) is 0.917.